The van der Waals surface area contributed by atoms with Crippen LogP contribution in [0.1, 0.15) is 29.5 Å². The smallest absolute Gasteiger partial charge is 0.0194 e. The lowest BCUT2D eigenvalue weighted by Crippen LogP contribution is -1.66. The van der Waals surface area contributed by atoms with E-state index in [1.54, 1.807) is 0 Å². The molecule has 0 rings (SSSR count). The lowest BCUT2D eigenvalue weighted by molar-refractivity contribution is 0.737. The topological polar surface area (TPSA) is 0 Å². The molecule has 0 heterocycles. The van der Waals surface area contributed by atoms with Crippen LogP contribution in [0.15, 0.2) is 0 Å². The van der Waals surface area contributed by atoms with E-state index in [1.807, 2.05) is 0 Å². The molecule has 0 aliphatic rings. The highest BCUT2D eigenvalue weighted by Gasteiger charge is 1.68. The third-order valence-corrected chi connectivity index (χ3v) is 0. The van der Waals surface area contributed by atoms with Crippen molar-refractivity contribution in [1.29, 1.82) is 0 Å². The normalized spacial score (nSPS) is 8.60. The monoisotopic (exact) mass is 75.1 g/mol. The van der Waals surface area contributed by atoms with Crippen molar-refractivity contribution in [1.82, 2.24) is 0 Å². The summed E-state index contributed by atoms with van der Waals surface area (Å²) >= 11 is 0. The Morgan fingerprint density at radius 2 is 1.40 bits per heavy atom. The van der Waals surface area contributed by atoms with Crippen molar-refractivity contribution in [3.63, 3.8) is 0 Å². The number of hydrogen-bond donors (Lipinski definition) is 0. The van der Waals surface area contributed by atoms with Gasteiger partial charge in [-0.15, -0.1) is 0 Å². The summed E-state index contributed by atoms with van der Waals surface area (Å²) in [5.41, 5.74) is 0. The Kier molecular flexibility index (Phi) is 4.00. The molecule has 0 radical (unpaired) electrons. The highest BCUT2D eigenvalue weighted by Crippen LogP contribution is 1.81. The van der Waals surface area contributed by atoms with Gasteiger partial charge in [-0.2, -0.15) is 0 Å². The number of hydrogen-bond acceptors (Lipinski definition) is 0. The molecule has 34 valence electrons. The van der Waals surface area contributed by atoms with E-state index in [4.69, 9.17) is 1.37 Å². The quantitative estimate of drug-likeness (QED) is 0.414. The molecule has 0 saturated carbocycles. The van der Waals surface area contributed by atoms with Crippen LogP contribution in [-0.2, 0) is 0 Å². The molecule has 0 spiro atoms. The van der Waals surface area contributed by atoms with Crippen molar-refractivity contribution in [3.05, 3.63) is 0 Å². The van der Waals surface area contributed by atoms with Crippen LogP contribution in [0.3, 0.4) is 0 Å². The predicted octanol–water partition coefficient (Wildman–Crippen LogP) is 2.30. The molecule has 0 fully saturated rings. The molecule has 0 aliphatic carbocycles. The van der Waals surface area contributed by atoms with Gasteiger partial charge >= 0.3 is 0 Å². The minimum Gasteiger partial charge on any atom is -0.0776 e. The SMILES string of the molecule is CC(C)C.[2H]C. The van der Waals surface area contributed by atoms with Crippen molar-refractivity contribution in [2.45, 2.75) is 28.2 Å². The Morgan fingerprint density at radius 1 is 1.40 bits per heavy atom. The van der Waals surface area contributed by atoms with E-state index in [9.17, 15) is 0 Å². The molecule has 0 aromatic heterocycles. The number of rotatable bonds is 0. The average Bonchev–Trinajstić information content (AvgIpc) is 1.41. The first-order chi connectivity index (χ1) is 2.73. The van der Waals surface area contributed by atoms with Crippen LogP contribution in [0.2, 0.25) is 0 Å². The van der Waals surface area contributed by atoms with E-state index in [1.165, 1.54) is 7.40 Å². The first kappa shape index (κ1) is 5.00. The minimum absolute atomic E-state index is 0.833. The van der Waals surface area contributed by atoms with Gasteiger partial charge in [-0.25, -0.2) is 0 Å². The van der Waals surface area contributed by atoms with Crippen molar-refractivity contribution >= 4 is 0 Å². The van der Waals surface area contributed by atoms with Crippen LogP contribution < -0.4 is 0 Å². The van der Waals surface area contributed by atoms with E-state index in [0.717, 1.165) is 5.92 Å². The lowest BCUT2D eigenvalue weighted by Gasteiger charge is -1.79. The molecule has 0 aromatic rings. The summed E-state index contributed by atoms with van der Waals surface area (Å²) in [6.45, 7) is 6.50. The van der Waals surface area contributed by atoms with Crippen LogP contribution in [-0.4, -0.2) is 0 Å². The zero-order valence-corrected chi connectivity index (χ0v) is 4.58. The molecule has 0 saturated heterocycles. The maximum atomic E-state index is 5.75. The molecule has 0 amide bonds. The molecular weight excluding hydrogens is 60.1 g/mol. The highest BCUT2D eigenvalue weighted by atomic mass is 13.7. The van der Waals surface area contributed by atoms with Crippen molar-refractivity contribution in [3.8, 4) is 0 Å². The van der Waals surface area contributed by atoms with E-state index in [0.29, 0.717) is 0 Å². The van der Waals surface area contributed by atoms with Gasteiger partial charge in [0.2, 0.25) is 0 Å². The van der Waals surface area contributed by atoms with Crippen LogP contribution in [0.4, 0.5) is 0 Å². The highest BCUT2D eigenvalue weighted by molar-refractivity contribution is 4.20. The summed E-state index contributed by atoms with van der Waals surface area (Å²) in [5.74, 6) is 0.833. The third kappa shape index (κ3) is 0. The second-order valence-corrected chi connectivity index (χ2v) is 1.73. The molecule has 5 heavy (non-hydrogen) atoms. The molecule has 0 bridgehead atoms. The zero-order chi connectivity index (χ0) is 5.58. The summed E-state index contributed by atoms with van der Waals surface area (Å²) in [7, 11) is 1.25. The van der Waals surface area contributed by atoms with E-state index >= 15 is 0 Å². The summed E-state index contributed by atoms with van der Waals surface area (Å²) in [4.78, 5) is 0. The molecule has 0 N–H and O–H groups in total. The van der Waals surface area contributed by atoms with Crippen LogP contribution in [0.25, 0.3) is 0 Å². The summed E-state index contributed by atoms with van der Waals surface area (Å²) in [6, 6.07) is 0. The largest absolute Gasteiger partial charge is 0.0776 e. The Hall–Kier alpha value is 0. The van der Waals surface area contributed by atoms with Gasteiger partial charge in [-0.1, -0.05) is 28.2 Å². The summed E-state index contributed by atoms with van der Waals surface area (Å²) < 4.78 is 5.75. The lowest BCUT2D eigenvalue weighted by atomic mass is 10.3. The minimum atomic E-state index is 0.833. The molecule has 0 nitrogen and oxygen atoms in total. The van der Waals surface area contributed by atoms with Crippen molar-refractivity contribution < 1.29 is 1.37 Å². The Morgan fingerprint density at radius 3 is 1.40 bits per heavy atom. The van der Waals surface area contributed by atoms with Gasteiger partial charge in [-0.05, 0) is 5.92 Å². The van der Waals surface area contributed by atoms with Crippen molar-refractivity contribution in [2.75, 3.05) is 0 Å². The summed E-state index contributed by atoms with van der Waals surface area (Å²) in [5, 5.41) is 0. The predicted molar refractivity (Wildman–Crippen MR) is 27.2 cm³/mol. The van der Waals surface area contributed by atoms with Gasteiger partial charge in [0.05, 0.1) is 0 Å². The van der Waals surface area contributed by atoms with Gasteiger partial charge in [0.1, 0.15) is 0 Å². The van der Waals surface area contributed by atoms with Gasteiger partial charge in [0, 0.05) is 1.37 Å². The Balaban J connectivity index is 0. The van der Waals surface area contributed by atoms with E-state index in [2.05, 4.69) is 20.8 Å². The average molecular weight is 75.2 g/mol. The Labute approximate surface area is 36.6 Å². The fraction of sp³-hybridized carbons (Fsp3) is 1.00. The van der Waals surface area contributed by atoms with Crippen LogP contribution >= 0.6 is 0 Å². The molecule has 0 heteroatoms. The molecule has 0 aromatic carbocycles. The van der Waals surface area contributed by atoms with Gasteiger partial charge in [0.15, 0.2) is 0 Å². The van der Waals surface area contributed by atoms with Crippen LogP contribution in [0.5, 0.6) is 0 Å². The first-order valence-electron chi connectivity index (χ1n) is 2.73. The van der Waals surface area contributed by atoms with Crippen LogP contribution in [0, 0.1) is 5.92 Å². The maximum Gasteiger partial charge on any atom is 0.0194 e. The molecule has 0 aliphatic heterocycles. The first-order valence-corrected chi connectivity index (χ1v) is 1.73. The van der Waals surface area contributed by atoms with Gasteiger partial charge in [0.25, 0.3) is 0 Å². The van der Waals surface area contributed by atoms with Crippen molar-refractivity contribution in [2.24, 2.45) is 5.92 Å². The summed E-state index contributed by atoms with van der Waals surface area (Å²) in [6.07, 6.45) is 0. The maximum absolute atomic E-state index is 5.75. The third-order valence-electron chi connectivity index (χ3n) is 0. The molecule has 0 atom stereocenters. The van der Waals surface area contributed by atoms with Gasteiger partial charge in [-0.3, -0.25) is 0 Å². The standard InChI is InChI=1S/C4H10.CH4/c1-4(2)3;/h4H,1-3H3;1H4/i;1D. The zero-order valence-electron chi connectivity index (χ0n) is 5.58. The second kappa shape index (κ2) is 4.00. The molecular formula is C5H14. The molecule has 0 unspecified atom stereocenters. The van der Waals surface area contributed by atoms with E-state index < -0.39 is 0 Å². The van der Waals surface area contributed by atoms with Gasteiger partial charge < -0.3 is 0 Å². The Bertz CT molecular complexity index is 8.66. The second-order valence-electron chi connectivity index (χ2n) is 1.73. The fourth-order valence-electron chi connectivity index (χ4n) is 0. The van der Waals surface area contributed by atoms with E-state index in [-0.39, 0.29) is 0 Å². The fourth-order valence-corrected chi connectivity index (χ4v) is 0.